The van der Waals surface area contributed by atoms with Crippen molar-refractivity contribution in [1.82, 2.24) is 25.2 Å². The molecule has 1 saturated heterocycles. The molecule has 1 aromatic carbocycles. The Hall–Kier alpha value is -3.53. The fraction of sp³-hybridized carbons (Fsp3) is 0.333. The molecule has 5 rings (SSSR count). The number of aromatic nitrogens is 2. The SMILES string of the molecule is O=C(NC1=CC=C(CN2CCCC2)CN1)c1cnc2n1NC(c1ccccc1C(F)(F)F)C=C2. The summed E-state index contributed by atoms with van der Waals surface area (Å²) in [6.45, 7) is 3.79. The number of halogens is 3. The molecule has 1 unspecified atom stereocenters. The van der Waals surface area contributed by atoms with Crippen molar-refractivity contribution in [3.05, 3.63) is 82.7 Å². The predicted octanol–water partition coefficient (Wildman–Crippen LogP) is 3.41. The van der Waals surface area contributed by atoms with Crippen LogP contribution in [0, 0.1) is 0 Å². The van der Waals surface area contributed by atoms with E-state index in [0.717, 1.165) is 25.7 Å². The Morgan fingerprint density at radius 1 is 1.18 bits per heavy atom. The Bertz CT molecular complexity index is 1170. The number of nitrogens with one attached hydrogen (secondary N) is 3. The van der Waals surface area contributed by atoms with Gasteiger partial charge in [0.05, 0.1) is 17.8 Å². The van der Waals surface area contributed by atoms with Gasteiger partial charge in [0.2, 0.25) is 0 Å². The third-order valence-electron chi connectivity index (χ3n) is 6.19. The van der Waals surface area contributed by atoms with Crippen molar-refractivity contribution in [1.29, 1.82) is 0 Å². The van der Waals surface area contributed by atoms with Crippen LogP contribution in [0.1, 0.15) is 46.3 Å². The summed E-state index contributed by atoms with van der Waals surface area (Å²) in [7, 11) is 0. The van der Waals surface area contributed by atoms with Crippen LogP contribution < -0.4 is 16.1 Å². The molecule has 3 aliphatic heterocycles. The topological polar surface area (TPSA) is 74.2 Å². The Labute approximate surface area is 195 Å². The minimum Gasteiger partial charge on any atom is -0.368 e. The van der Waals surface area contributed by atoms with Gasteiger partial charge in [0.15, 0.2) is 5.82 Å². The summed E-state index contributed by atoms with van der Waals surface area (Å²) in [5, 5.41) is 6.04. The van der Waals surface area contributed by atoms with E-state index in [9.17, 15) is 18.0 Å². The smallest absolute Gasteiger partial charge is 0.368 e. The number of hydrogen-bond acceptors (Lipinski definition) is 5. The van der Waals surface area contributed by atoms with Crippen LogP contribution in [0.4, 0.5) is 13.2 Å². The average molecular weight is 470 g/mol. The standard InChI is InChI=1S/C24H25F3N6O/c25-24(26,27)18-6-2-1-5-17(18)19-8-10-22-29-14-20(33(22)31-19)23(34)30-21-9-7-16(13-28-21)15-32-11-3-4-12-32/h1-2,5-10,14,19,28,31H,3-4,11-13,15H2,(H,30,34). The van der Waals surface area contributed by atoms with Crippen LogP contribution in [0.3, 0.4) is 0 Å². The summed E-state index contributed by atoms with van der Waals surface area (Å²) in [6.07, 6.45) is 6.44. The molecule has 1 atom stereocenters. The van der Waals surface area contributed by atoms with Crippen LogP contribution in [0.25, 0.3) is 6.08 Å². The minimum absolute atomic E-state index is 0.0734. The summed E-state index contributed by atoms with van der Waals surface area (Å²) in [4.78, 5) is 19.6. The first-order valence-corrected chi connectivity index (χ1v) is 11.2. The molecule has 0 saturated carbocycles. The van der Waals surface area contributed by atoms with Crippen molar-refractivity contribution in [3.63, 3.8) is 0 Å². The van der Waals surface area contributed by atoms with Gasteiger partial charge in [-0.2, -0.15) is 13.2 Å². The number of carbonyl (C=O) groups excluding carboxylic acids is 1. The molecule has 34 heavy (non-hydrogen) atoms. The first kappa shape index (κ1) is 22.3. The third kappa shape index (κ3) is 4.58. The second-order valence-electron chi connectivity index (χ2n) is 8.58. The normalized spacial score (nSPS) is 20.1. The van der Waals surface area contributed by atoms with E-state index in [1.165, 1.54) is 41.4 Å². The monoisotopic (exact) mass is 470 g/mol. The lowest BCUT2D eigenvalue weighted by atomic mass is 9.99. The molecule has 3 N–H and O–H groups in total. The molecule has 0 bridgehead atoms. The number of alkyl halides is 3. The number of likely N-dealkylation sites (tertiary alicyclic amines) is 1. The maximum atomic E-state index is 13.5. The number of fused-ring (bicyclic) bond motifs is 1. The minimum atomic E-state index is -4.48. The van der Waals surface area contributed by atoms with Crippen LogP contribution in [0.2, 0.25) is 0 Å². The average Bonchev–Trinajstić information content (AvgIpc) is 3.49. The number of carbonyl (C=O) groups is 1. The third-order valence-corrected chi connectivity index (χ3v) is 6.19. The molecule has 0 spiro atoms. The molecular formula is C24H25F3N6O. The van der Waals surface area contributed by atoms with Crippen molar-refractivity contribution >= 4 is 12.0 Å². The molecule has 4 heterocycles. The van der Waals surface area contributed by atoms with Crippen LogP contribution in [-0.2, 0) is 6.18 Å². The summed E-state index contributed by atoms with van der Waals surface area (Å²) in [6, 6.07) is 4.62. The van der Waals surface area contributed by atoms with Crippen LogP contribution in [0.5, 0.6) is 0 Å². The number of benzene rings is 1. The first-order chi connectivity index (χ1) is 16.4. The van der Waals surface area contributed by atoms with E-state index in [-0.39, 0.29) is 11.3 Å². The molecule has 1 amide bonds. The number of hydrogen-bond donors (Lipinski definition) is 3. The van der Waals surface area contributed by atoms with Crippen molar-refractivity contribution in [3.8, 4) is 0 Å². The van der Waals surface area contributed by atoms with Gasteiger partial charge in [-0.3, -0.25) is 9.69 Å². The van der Waals surface area contributed by atoms with Crippen molar-refractivity contribution in [2.75, 3.05) is 31.6 Å². The summed E-state index contributed by atoms with van der Waals surface area (Å²) in [5.41, 5.74) is 3.79. The zero-order valence-electron chi connectivity index (χ0n) is 18.4. The largest absolute Gasteiger partial charge is 0.416 e. The lowest BCUT2D eigenvalue weighted by molar-refractivity contribution is -0.138. The van der Waals surface area contributed by atoms with Gasteiger partial charge in [-0.15, -0.1) is 0 Å². The zero-order valence-corrected chi connectivity index (χ0v) is 18.4. The number of allylic oxidation sites excluding steroid dienone is 2. The highest BCUT2D eigenvalue weighted by atomic mass is 19.4. The van der Waals surface area contributed by atoms with Gasteiger partial charge in [0.25, 0.3) is 5.91 Å². The molecule has 178 valence electrons. The summed E-state index contributed by atoms with van der Waals surface area (Å²) in [5.74, 6) is 0.583. The number of rotatable bonds is 5. The van der Waals surface area contributed by atoms with Gasteiger partial charge in [-0.1, -0.05) is 30.4 Å². The van der Waals surface area contributed by atoms with Gasteiger partial charge >= 0.3 is 6.18 Å². The molecule has 3 aliphatic rings. The highest BCUT2D eigenvalue weighted by molar-refractivity contribution is 5.94. The van der Waals surface area contributed by atoms with Crippen molar-refractivity contribution in [2.45, 2.75) is 25.1 Å². The zero-order chi connectivity index (χ0) is 23.7. The van der Waals surface area contributed by atoms with Crippen molar-refractivity contribution in [2.24, 2.45) is 0 Å². The Morgan fingerprint density at radius 3 is 2.71 bits per heavy atom. The van der Waals surface area contributed by atoms with E-state index in [2.05, 4.69) is 25.9 Å². The van der Waals surface area contributed by atoms with Gasteiger partial charge < -0.3 is 16.1 Å². The predicted molar refractivity (Wildman–Crippen MR) is 122 cm³/mol. The van der Waals surface area contributed by atoms with Gasteiger partial charge in [0.1, 0.15) is 11.5 Å². The van der Waals surface area contributed by atoms with Crippen LogP contribution in [0.15, 0.2) is 60.1 Å². The number of nitrogens with zero attached hydrogens (tertiary/aromatic N) is 3. The second kappa shape index (κ2) is 9.02. The van der Waals surface area contributed by atoms with Gasteiger partial charge in [-0.25, -0.2) is 9.66 Å². The Balaban J connectivity index is 1.30. The number of dihydropyridines is 1. The maximum absolute atomic E-state index is 13.5. The van der Waals surface area contributed by atoms with Crippen LogP contribution >= 0.6 is 0 Å². The highest BCUT2D eigenvalue weighted by Crippen LogP contribution is 2.36. The molecule has 0 radical (unpaired) electrons. The molecule has 10 heteroatoms. The molecule has 1 aromatic heterocycles. The lowest BCUT2D eigenvalue weighted by Gasteiger charge is -2.26. The maximum Gasteiger partial charge on any atom is 0.416 e. The molecule has 0 aliphatic carbocycles. The van der Waals surface area contributed by atoms with E-state index >= 15 is 0 Å². The fourth-order valence-corrected chi connectivity index (χ4v) is 4.48. The van der Waals surface area contributed by atoms with Crippen molar-refractivity contribution < 1.29 is 18.0 Å². The van der Waals surface area contributed by atoms with Gasteiger partial charge in [-0.05, 0) is 55.3 Å². The molecule has 7 nitrogen and oxygen atoms in total. The van der Waals surface area contributed by atoms with Gasteiger partial charge in [0, 0.05) is 13.1 Å². The summed E-state index contributed by atoms with van der Waals surface area (Å²) < 4.78 is 41.9. The fourth-order valence-electron chi connectivity index (χ4n) is 4.48. The summed E-state index contributed by atoms with van der Waals surface area (Å²) >= 11 is 0. The quantitative estimate of drug-likeness (QED) is 0.625. The molecule has 1 fully saturated rings. The second-order valence-corrected chi connectivity index (χ2v) is 8.58. The van der Waals surface area contributed by atoms with E-state index < -0.39 is 23.7 Å². The lowest BCUT2D eigenvalue weighted by Crippen LogP contribution is -2.38. The first-order valence-electron chi connectivity index (χ1n) is 11.2. The van der Waals surface area contributed by atoms with E-state index in [4.69, 9.17) is 0 Å². The highest BCUT2D eigenvalue weighted by Gasteiger charge is 2.35. The van der Waals surface area contributed by atoms with E-state index in [1.54, 1.807) is 18.2 Å². The molecular weight excluding hydrogens is 445 g/mol. The Morgan fingerprint density at radius 2 is 1.97 bits per heavy atom. The van der Waals surface area contributed by atoms with Crippen LogP contribution in [-0.4, -0.2) is 46.6 Å². The van der Waals surface area contributed by atoms with E-state index in [0.29, 0.717) is 18.2 Å². The Kier molecular flexibility index (Phi) is 5.91. The number of imidazole rings is 1. The number of amides is 1. The molecule has 2 aromatic rings. The van der Waals surface area contributed by atoms with E-state index in [1.807, 2.05) is 12.2 Å².